The topological polar surface area (TPSA) is 40.7 Å². The summed E-state index contributed by atoms with van der Waals surface area (Å²) >= 11 is 0. The van der Waals surface area contributed by atoms with Gasteiger partial charge in [0.15, 0.2) is 0 Å². The Bertz CT molecular complexity index is 298. The molecule has 1 aromatic heterocycles. The van der Waals surface area contributed by atoms with Crippen LogP contribution in [0.2, 0.25) is 0 Å². The quantitative estimate of drug-likeness (QED) is 0.796. The first kappa shape index (κ1) is 10.7. The van der Waals surface area contributed by atoms with Crippen molar-refractivity contribution in [2.75, 3.05) is 13.1 Å². The molecule has 84 valence electrons. The lowest BCUT2D eigenvalue weighted by Crippen LogP contribution is -2.29. The summed E-state index contributed by atoms with van der Waals surface area (Å²) in [7, 11) is 0. The minimum absolute atomic E-state index is 0.648. The van der Waals surface area contributed by atoms with Crippen LogP contribution in [0.15, 0.2) is 6.20 Å². The third kappa shape index (κ3) is 2.59. The van der Waals surface area contributed by atoms with Gasteiger partial charge in [-0.3, -0.25) is 5.10 Å². The molecule has 1 aliphatic heterocycles. The minimum atomic E-state index is 0.648. The molecule has 1 aliphatic rings. The second-order valence-electron chi connectivity index (χ2n) is 4.95. The van der Waals surface area contributed by atoms with E-state index in [9.17, 15) is 0 Å². The lowest BCUT2D eigenvalue weighted by atomic mass is 9.91. The summed E-state index contributed by atoms with van der Waals surface area (Å²) in [6.45, 7) is 6.79. The van der Waals surface area contributed by atoms with E-state index in [0.717, 1.165) is 13.0 Å². The molecule has 3 heteroatoms. The van der Waals surface area contributed by atoms with Gasteiger partial charge in [0.05, 0.1) is 6.20 Å². The van der Waals surface area contributed by atoms with E-state index in [1.165, 1.54) is 30.6 Å². The summed E-state index contributed by atoms with van der Waals surface area (Å²) in [5.74, 6) is 1.35. The Kier molecular flexibility index (Phi) is 3.41. The Balaban J connectivity index is 2.09. The molecule has 1 saturated heterocycles. The molecule has 0 radical (unpaired) electrons. The van der Waals surface area contributed by atoms with Gasteiger partial charge in [0.25, 0.3) is 0 Å². The smallest absolute Gasteiger partial charge is 0.0522 e. The van der Waals surface area contributed by atoms with Gasteiger partial charge in [-0.1, -0.05) is 13.8 Å². The molecule has 0 aliphatic carbocycles. The van der Waals surface area contributed by atoms with Crippen molar-refractivity contribution < 1.29 is 0 Å². The van der Waals surface area contributed by atoms with Gasteiger partial charge in [-0.25, -0.2) is 0 Å². The van der Waals surface area contributed by atoms with Crippen LogP contribution in [0.3, 0.4) is 0 Å². The van der Waals surface area contributed by atoms with Gasteiger partial charge >= 0.3 is 0 Å². The number of H-pyrrole nitrogens is 1. The first-order valence-corrected chi connectivity index (χ1v) is 6.00. The zero-order chi connectivity index (χ0) is 10.7. The summed E-state index contributed by atoms with van der Waals surface area (Å²) < 4.78 is 0. The standard InChI is InChI=1S/C12H21N3/c1-9(2)6-11-8-14-15-12(11)10-4-3-5-13-7-10/h8-10,13H,3-7H2,1-2H3,(H,14,15)/t10-/m0/s1. The maximum absolute atomic E-state index is 4.20. The molecular weight excluding hydrogens is 186 g/mol. The van der Waals surface area contributed by atoms with Crippen LogP contribution in [0.25, 0.3) is 0 Å². The maximum atomic E-state index is 4.20. The van der Waals surface area contributed by atoms with Gasteiger partial charge in [-0.15, -0.1) is 0 Å². The van der Waals surface area contributed by atoms with E-state index in [1.54, 1.807) is 0 Å². The lowest BCUT2D eigenvalue weighted by molar-refractivity contribution is 0.450. The Morgan fingerprint density at radius 2 is 2.40 bits per heavy atom. The number of aromatic nitrogens is 2. The number of nitrogens with one attached hydrogen (secondary N) is 2. The van der Waals surface area contributed by atoms with E-state index in [1.807, 2.05) is 6.20 Å². The first-order valence-electron chi connectivity index (χ1n) is 6.00. The number of nitrogens with zero attached hydrogens (tertiary/aromatic N) is 1. The highest BCUT2D eigenvalue weighted by molar-refractivity contribution is 5.21. The van der Waals surface area contributed by atoms with E-state index in [2.05, 4.69) is 29.4 Å². The van der Waals surface area contributed by atoms with Crippen molar-refractivity contribution in [2.45, 2.75) is 39.0 Å². The zero-order valence-electron chi connectivity index (χ0n) is 9.71. The van der Waals surface area contributed by atoms with E-state index >= 15 is 0 Å². The van der Waals surface area contributed by atoms with Gasteiger partial charge in [-0.2, -0.15) is 5.10 Å². The fraction of sp³-hybridized carbons (Fsp3) is 0.750. The molecule has 1 atom stereocenters. The van der Waals surface area contributed by atoms with Gasteiger partial charge < -0.3 is 5.32 Å². The maximum Gasteiger partial charge on any atom is 0.0522 e. The fourth-order valence-corrected chi connectivity index (χ4v) is 2.38. The summed E-state index contributed by atoms with van der Waals surface area (Å²) in [5.41, 5.74) is 2.79. The predicted octanol–water partition coefficient (Wildman–Crippen LogP) is 2.08. The van der Waals surface area contributed by atoms with Crippen LogP contribution >= 0.6 is 0 Å². The molecule has 15 heavy (non-hydrogen) atoms. The van der Waals surface area contributed by atoms with E-state index in [0.29, 0.717) is 11.8 Å². The van der Waals surface area contributed by atoms with Crippen molar-refractivity contribution in [2.24, 2.45) is 5.92 Å². The Labute approximate surface area is 91.7 Å². The van der Waals surface area contributed by atoms with Crippen molar-refractivity contribution in [3.05, 3.63) is 17.5 Å². The average Bonchev–Trinajstić information content (AvgIpc) is 2.66. The highest BCUT2D eigenvalue weighted by Crippen LogP contribution is 2.25. The van der Waals surface area contributed by atoms with Gasteiger partial charge in [0.2, 0.25) is 0 Å². The predicted molar refractivity (Wildman–Crippen MR) is 62.0 cm³/mol. The van der Waals surface area contributed by atoms with E-state index in [-0.39, 0.29) is 0 Å². The van der Waals surface area contributed by atoms with Crippen LogP contribution in [0, 0.1) is 5.92 Å². The van der Waals surface area contributed by atoms with Crippen molar-refractivity contribution in [1.82, 2.24) is 15.5 Å². The molecule has 0 aromatic carbocycles. The number of aromatic amines is 1. The molecule has 0 saturated carbocycles. The van der Waals surface area contributed by atoms with Crippen LogP contribution in [0.5, 0.6) is 0 Å². The van der Waals surface area contributed by atoms with Crippen LogP contribution in [-0.2, 0) is 6.42 Å². The van der Waals surface area contributed by atoms with E-state index in [4.69, 9.17) is 0 Å². The Morgan fingerprint density at radius 1 is 1.53 bits per heavy atom. The normalized spacial score (nSPS) is 22.2. The van der Waals surface area contributed by atoms with Gasteiger partial charge in [-0.05, 0) is 37.3 Å². The number of hydrogen-bond donors (Lipinski definition) is 2. The van der Waals surface area contributed by atoms with Crippen molar-refractivity contribution in [1.29, 1.82) is 0 Å². The molecule has 2 heterocycles. The first-order chi connectivity index (χ1) is 7.27. The fourth-order valence-electron chi connectivity index (χ4n) is 2.38. The Morgan fingerprint density at radius 3 is 3.07 bits per heavy atom. The van der Waals surface area contributed by atoms with Crippen molar-refractivity contribution >= 4 is 0 Å². The molecule has 1 aromatic rings. The average molecular weight is 207 g/mol. The molecule has 0 amide bonds. The number of rotatable bonds is 3. The van der Waals surface area contributed by atoms with Crippen LogP contribution in [0.4, 0.5) is 0 Å². The molecule has 0 spiro atoms. The van der Waals surface area contributed by atoms with Crippen molar-refractivity contribution in [3.63, 3.8) is 0 Å². The largest absolute Gasteiger partial charge is 0.316 e. The number of hydrogen-bond acceptors (Lipinski definition) is 2. The molecular formula is C12H21N3. The highest BCUT2D eigenvalue weighted by Gasteiger charge is 2.19. The third-order valence-corrected chi connectivity index (χ3v) is 3.08. The van der Waals surface area contributed by atoms with Crippen LogP contribution < -0.4 is 5.32 Å². The van der Waals surface area contributed by atoms with Gasteiger partial charge in [0, 0.05) is 18.2 Å². The van der Waals surface area contributed by atoms with E-state index < -0.39 is 0 Å². The summed E-state index contributed by atoms with van der Waals surface area (Å²) in [6, 6.07) is 0. The van der Waals surface area contributed by atoms with Crippen LogP contribution in [-0.4, -0.2) is 23.3 Å². The monoisotopic (exact) mass is 207 g/mol. The summed E-state index contributed by atoms with van der Waals surface area (Å²) in [5, 5.41) is 10.8. The minimum Gasteiger partial charge on any atom is -0.316 e. The second kappa shape index (κ2) is 4.79. The highest BCUT2D eigenvalue weighted by atomic mass is 15.1. The van der Waals surface area contributed by atoms with Crippen molar-refractivity contribution in [3.8, 4) is 0 Å². The number of piperidine rings is 1. The molecule has 2 rings (SSSR count). The third-order valence-electron chi connectivity index (χ3n) is 3.08. The second-order valence-corrected chi connectivity index (χ2v) is 4.95. The zero-order valence-corrected chi connectivity index (χ0v) is 9.71. The molecule has 2 N–H and O–H groups in total. The molecule has 0 unspecified atom stereocenters. The lowest BCUT2D eigenvalue weighted by Gasteiger charge is -2.23. The molecule has 1 fully saturated rings. The summed E-state index contributed by atoms with van der Waals surface area (Å²) in [4.78, 5) is 0. The van der Waals surface area contributed by atoms with Crippen LogP contribution in [0.1, 0.15) is 43.9 Å². The SMILES string of the molecule is CC(C)Cc1cn[nH]c1[C@H]1CCCNC1. The Hall–Kier alpha value is -0.830. The summed E-state index contributed by atoms with van der Waals surface area (Å²) in [6.07, 6.45) is 5.72. The molecule has 0 bridgehead atoms. The molecule has 3 nitrogen and oxygen atoms in total. The van der Waals surface area contributed by atoms with Gasteiger partial charge in [0.1, 0.15) is 0 Å².